The normalized spacial score (nSPS) is 16.4. The summed E-state index contributed by atoms with van der Waals surface area (Å²) in [6.45, 7) is 3.67. The summed E-state index contributed by atoms with van der Waals surface area (Å²) in [5.74, 6) is 0.580. The molecule has 37 heavy (non-hydrogen) atoms. The van der Waals surface area contributed by atoms with Crippen LogP contribution in [0.5, 0.6) is 5.75 Å². The molecule has 2 aromatic heterocycles. The van der Waals surface area contributed by atoms with Crippen LogP contribution in [-0.4, -0.2) is 77.0 Å². The van der Waals surface area contributed by atoms with Crippen molar-refractivity contribution in [2.45, 2.75) is 32.2 Å². The summed E-state index contributed by atoms with van der Waals surface area (Å²) >= 11 is 6.79. The Balaban J connectivity index is 1.73. The van der Waals surface area contributed by atoms with Gasteiger partial charge in [-0.2, -0.15) is 0 Å². The fourth-order valence-electron chi connectivity index (χ4n) is 4.59. The van der Waals surface area contributed by atoms with Gasteiger partial charge < -0.3 is 19.1 Å². The number of nitrogens with one attached hydrogen (secondary N) is 1. The number of aromatic nitrogens is 3. The Labute approximate surface area is 222 Å². The van der Waals surface area contributed by atoms with Gasteiger partial charge in [-0.15, -0.1) is 0 Å². The smallest absolute Gasteiger partial charge is 0.258 e. The highest BCUT2D eigenvalue weighted by atomic mass is 35.5. The molecule has 2 amide bonds. The molecule has 0 radical (unpaired) electrons. The molecule has 1 saturated heterocycles. The minimum atomic E-state index is -0.293. The van der Waals surface area contributed by atoms with Crippen molar-refractivity contribution >= 4 is 40.4 Å². The molecule has 3 aromatic rings. The number of rotatable bonds is 7. The van der Waals surface area contributed by atoms with Crippen molar-refractivity contribution in [2.75, 3.05) is 46.2 Å². The number of benzene rings is 1. The number of likely N-dealkylation sites (N-methyl/N-ethyl adjacent to an activating group) is 1. The molecule has 0 saturated carbocycles. The Morgan fingerprint density at radius 2 is 2.08 bits per heavy atom. The zero-order valence-electron chi connectivity index (χ0n) is 21.7. The van der Waals surface area contributed by atoms with Gasteiger partial charge in [-0.1, -0.05) is 17.7 Å². The van der Waals surface area contributed by atoms with Crippen LogP contribution in [0.15, 0.2) is 42.6 Å². The zero-order valence-corrected chi connectivity index (χ0v) is 22.5. The largest absolute Gasteiger partial charge is 0.495 e. The first-order valence-corrected chi connectivity index (χ1v) is 12.7. The molecule has 3 heterocycles. The number of carbonyl (C=O) groups is 2. The van der Waals surface area contributed by atoms with E-state index in [2.05, 4.69) is 10.3 Å². The lowest BCUT2D eigenvalue weighted by Gasteiger charge is -2.26. The van der Waals surface area contributed by atoms with Crippen LogP contribution in [0.3, 0.4) is 0 Å². The van der Waals surface area contributed by atoms with E-state index in [1.807, 2.05) is 47.5 Å². The van der Waals surface area contributed by atoms with Crippen LogP contribution >= 0.6 is 11.6 Å². The van der Waals surface area contributed by atoms with Crippen LogP contribution in [0.4, 0.5) is 5.95 Å². The van der Waals surface area contributed by atoms with Crippen LogP contribution in [0.1, 0.15) is 41.4 Å². The first-order valence-electron chi connectivity index (χ1n) is 12.4. The lowest BCUT2D eigenvalue weighted by atomic mass is 10.1. The molecular formula is C27H33ClN6O3. The standard InChI is InChI=1S/C27H33ClN6O3/c1-18-16-19(12-13-29-18)26(36)31-27-30-21-10-11-22(37-4)24(28)25(21)34(27)20-8-5-6-15-33(17-20)23(35)9-7-14-32(2)3/h7,9-13,16,20H,5-6,8,14-15,17H2,1-4H3,(H,30,31,36)/t20-/m1/s1. The molecule has 1 aromatic carbocycles. The molecule has 0 unspecified atom stereocenters. The molecule has 1 aliphatic heterocycles. The van der Waals surface area contributed by atoms with E-state index in [0.717, 1.165) is 25.0 Å². The molecule has 4 rings (SSSR count). The van der Waals surface area contributed by atoms with E-state index in [0.29, 0.717) is 53.0 Å². The van der Waals surface area contributed by atoms with Gasteiger partial charge in [-0.25, -0.2) is 4.98 Å². The topological polar surface area (TPSA) is 92.6 Å². The predicted octanol–water partition coefficient (Wildman–Crippen LogP) is 4.33. The maximum Gasteiger partial charge on any atom is 0.258 e. The summed E-state index contributed by atoms with van der Waals surface area (Å²) in [7, 11) is 5.48. The van der Waals surface area contributed by atoms with Crippen LogP contribution < -0.4 is 10.1 Å². The van der Waals surface area contributed by atoms with Crippen LogP contribution in [0.25, 0.3) is 11.0 Å². The van der Waals surface area contributed by atoms with Crippen molar-refractivity contribution in [1.29, 1.82) is 0 Å². The Bertz CT molecular complexity index is 1320. The number of hydrogen-bond acceptors (Lipinski definition) is 6. The number of likely N-dealkylation sites (tertiary alicyclic amines) is 1. The molecule has 10 heteroatoms. The van der Waals surface area contributed by atoms with E-state index in [4.69, 9.17) is 21.3 Å². The highest BCUT2D eigenvalue weighted by Gasteiger charge is 2.28. The average molecular weight is 525 g/mol. The van der Waals surface area contributed by atoms with E-state index in [1.165, 1.54) is 0 Å². The minimum absolute atomic E-state index is 0.0281. The highest BCUT2D eigenvalue weighted by Crippen LogP contribution is 2.38. The molecule has 1 aliphatic rings. The molecule has 1 N–H and O–H groups in total. The number of anilines is 1. The average Bonchev–Trinajstić information content (AvgIpc) is 3.05. The van der Waals surface area contributed by atoms with Crippen LogP contribution in [0.2, 0.25) is 5.02 Å². The van der Waals surface area contributed by atoms with Gasteiger partial charge in [0.2, 0.25) is 11.9 Å². The number of carbonyl (C=O) groups excluding carboxylic acids is 2. The summed E-state index contributed by atoms with van der Waals surface area (Å²) in [6, 6.07) is 6.84. The van der Waals surface area contributed by atoms with Gasteiger partial charge in [0.1, 0.15) is 10.8 Å². The Morgan fingerprint density at radius 3 is 2.81 bits per heavy atom. The van der Waals surface area contributed by atoms with Crippen molar-refractivity contribution in [3.63, 3.8) is 0 Å². The fraction of sp³-hybridized carbons (Fsp3) is 0.407. The van der Waals surface area contributed by atoms with Crippen molar-refractivity contribution in [1.82, 2.24) is 24.3 Å². The minimum Gasteiger partial charge on any atom is -0.495 e. The number of methoxy groups -OCH3 is 1. The number of fused-ring (bicyclic) bond motifs is 1. The third-order valence-corrected chi connectivity index (χ3v) is 6.78. The van der Waals surface area contributed by atoms with Crippen molar-refractivity contribution in [3.05, 3.63) is 58.9 Å². The fourth-order valence-corrected chi connectivity index (χ4v) is 4.92. The monoisotopic (exact) mass is 524 g/mol. The van der Waals surface area contributed by atoms with Gasteiger partial charge in [-0.05, 0) is 64.5 Å². The van der Waals surface area contributed by atoms with Gasteiger partial charge in [0.05, 0.1) is 24.2 Å². The summed E-state index contributed by atoms with van der Waals surface area (Å²) < 4.78 is 7.43. The lowest BCUT2D eigenvalue weighted by molar-refractivity contribution is -0.126. The molecule has 9 nitrogen and oxygen atoms in total. The zero-order chi connectivity index (χ0) is 26.5. The summed E-state index contributed by atoms with van der Waals surface area (Å²) in [5.41, 5.74) is 2.54. The number of aryl methyl sites for hydroxylation is 1. The number of amides is 2. The SMILES string of the molecule is COc1ccc2nc(NC(=O)c3ccnc(C)c3)n([C@@H]3CCCCN(C(=O)C=CCN(C)C)C3)c2c1Cl. The third-order valence-electron chi connectivity index (χ3n) is 6.41. The van der Waals surface area contributed by atoms with Crippen molar-refractivity contribution < 1.29 is 14.3 Å². The van der Waals surface area contributed by atoms with E-state index in [-0.39, 0.29) is 17.9 Å². The van der Waals surface area contributed by atoms with Gasteiger partial charge in [0.15, 0.2) is 0 Å². The molecule has 196 valence electrons. The van der Waals surface area contributed by atoms with Crippen molar-refractivity contribution in [2.24, 2.45) is 0 Å². The van der Waals surface area contributed by atoms with E-state index >= 15 is 0 Å². The summed E-state index contributed by atoms with van der Waals surface area (Å²) in [4.78, 5) is 39.0. The maximum absolute atomic E-state index is 13.2. The molecule has 1 atom stereocenters. The summed E-state index contributed by atoms with van der Waals surface area (Å²) in [6.07, 6.45) is 7.74. The van der Waals surface area contributed by atoms with Gasteiger partial charge in [0.25, 0.3) is 5.91 Å². The molecule has 1 fully saturated rings. The van der Waals surface area contributed by atoms with E-state index in [9.17, 15) is 9.59 Å². The van der Waals surface area contributed by atoms with E-state index < -0.39 is 0 Å². The van der Waals surface area contributed by atoms with Gasteiger partial charge >= 0.3 is 0 Å². The molecular weight excluding hydrogens is 492 g/mol. The number of imidazole rings is 1. The first-order chi connectivity index (χ1) is 17.8. The first kappa shape index (κ1) is 26.6. The van der Waals surface area contributed by atoms with Gasteiger partial charge in [0, 0.05) is 43.2 Å². The number of hydrogen-bond donors (Lipinski definition) is 1. The second-order valence-electron chi connectivity index (χ2n) is 9.49. The quantitative estimate of drug-likeness (QED) is 0.463. The van der Waals surface area contributed by atoms with E-state index in [1.54, 1.807) is 37.6 Å². The third kappa shape index (κ3) is 6.11. The predicted molar refractivity (Wildman–Crippen MR) is 145 cm³/mol. The number of pyridine rings is 1. The van der Waals surface area contributed by atoms with Crippen molar-refractivity contribution in [3.8, 4) is 5.75 Å². The number of nitrogens with zero attached hydrogens (tertiary/aromatic N) is 5. The summed E-state index contributed by atoms with van der Waals surface area (Å²) in [5, 5.41) is 3.40. The molecule has 0 aliphatic carbocycles. The van der Waals surface area contributed by atoms with Crippen LogP contribution in [-0.2, 0) is 4.79 Å². The Kier molecular flexibility index (Phi) is 8.45. The lowest BCUT2D eigenvalue weighted by Crippen LogP contribution is -2.34. The number of ether oxygens (including phenoxy) is 1. The molecule has 0 bridgehead atoms. The van der Waals surface area contributed by atoms with Gasteiger partial charge in [-0.3, -0.25) is 19.9 Å². The molecule has 0 spiro atoms. The van der Waals surface area contributed by atoms with Crippen LogP contribution in [0, 0.1) is 6.92 Å². The number of halogens is 1. The highest BCUT2D eigenvalue weighted by molar-refractivity contribution is 6.36. The second kappa shape index (κ2) is 11.7. The second-order valence-corrected chi connectivity index (χ2v) is 9.87. The Morgan fingerprint density at radius 1 is 1.27 bits per heavy atom. The maximum atomic E-state index is 13.2. The Hall–Kier alpha value is -3.43.